The number of methoxy groups -OCH3 is 1. The highest BCUT2D eigenvalue weighted by molar-refractivity contribution is 6.03. The van der Waals surface area contributed by atoms with Crippen molar-refractivity contribution < 1.29 is 23.9 Å². The summed E-state index contributed by atoms with van der Waals surface area (Å²) >= 11 is 0. The molecule has 3 amide bonds. The minimum atomic E-state index is -0.966. The molecule has 4 rings (SSSR count). The molecule has 1 atom stereocenters. The van der Waals surface area contributed by atoms with Crippen molar-refractivity contribution in [2.45, 2.75) is 13.0 Å². The predicted octanol–water partition coefficient (Wildman–Crippen LogP) is 5.13. The molecule has 0 bridgehead atoms. The molecule has 0 unspecified atom stereocenters. The van der Waals surface area contributed by atoms with Gasteiger partial charge in [0.05, 0.1) is 12.7 Å². The van der Waals surface area contributed by atoms with Crippen LogP contribution >= 0.6 is 0 Å². The van der Waals surface area contributed by atoms with E-state index >= 15 is 0 Å². The number of benzene rings is 4. The van der Waals surface area contributed by atoms with E-state index in [0.717, 1.165) is 5.56 Å². The SMILES string of the molecule is COc1ccc(NC(=O)COc2ccccc2C(=O)N[C@@H](C(=O)Nc2ccc(C)cc2)c2ccccc2)cc1. The van der Waals surface area contributed by atoms with Crippen LogP contribution in [0.4, 0.5) is 11.4 Å². The molecule has 3 N–H and O–H groups in total. The Kier molecular flexibility index (Phi) is 8.92. The van der Waals surface area contributed by atoms with Gasteiger partial charge in [0.2, 0.25) is 0 Å². The summed E-state index contributed by atoms with van der Waals surface area (Å²) in [4.78, 5) is 39.1. The molecule has 0 aliphatic rings. The van der Waals surface area contributed by atoms with E-state index in [2.05, 4.69) is 16.0 Å². The average molecular weight is 524 g/mol. The van der Waals surface area contributed by atoms with Gasteiger partial charge in [0.1, 0.15) is 17.5 Å². The van der Waals surface area contributed by atoms with Gasteiger partial charge in [0.15, 0.2) is 6.61 Å². The first-order valence-electron chi connectivity index (χ1n) is 12.3. The maximum atomic E-state index is 13.4. The lowest BCUT2D eigenvalue weighted by atomic mass is 10.0. The summed E-state index contributed by atoms with van der Waals surface area (Å²) in [6.45, 7) is 1.65. The van der Waals surface area contributed by atoms with Gasteiger partial charge in [-0.1, -0.05) is 60.2 Å². The zero-order valence-electron chi connectivity index (χ0n) is 21.6. The van der Waals surface area contributed by atoms with Gasteiger partial charge in [-0.15, -0.1) is 0 Å². The van der Waals surface area contributed by atoms with Crippen molar-refractivity contribution in [2.24, 2.45) is 0 Å². The smallest absolute Gasteiger partial charge is 0.262 e. The fourth-order valence-electron chi connectivity index (χ4n) is 3.80. The van der Waals surface area contributed by atoms with E-state index in [1.165, 1.54) is 0 Å². The molecule has 0 fully saturated rings. The molecular formula is C31H29N3O5. The third-order valence-corrected chi connectivity index (χ3v) is 5.85. The van der Waals surface area contributed by atoms with Gasteiger partial charge in [-0.05, 0) is 61.0 Å². The second-order valence-corrected chi connectivity index (χ2v) is 8.73. The molecule has 0 saturated carbocycles. The van der Waals surface area contributed by atoms with Gasteiger partial charge >= 0.3 is 0 Å². The van der Waals surface area contributed by atoms with Gasteiger partial charge in [-0.2, -0.15) is 0 Å². The van der Waals surface area contributed by atoms with Gasteiger partial charge in [-0.3, -0.25) is 14.4 Å². The number of hydrogen-bond donors (Lipinski definition) is 3. The highest BCUT2D eigenvalue weighted by atomic mass is 16.5. The van der Waals surface area contributed by atoms with Crippen LogP contribution in [0, 0.1) is 6.92 Å². The lowest BCUT2D eigenvalue weighted by Gasteiger charge is -2.20. The molecule has 8 heteroatoms. The van der Waals surface area contributed by atoms with Crippen molar-refractivity contribution >= 4 is 29.1 Å². The van der Waals surface area contributed by atoms with Crippen molar-refractivity contribution in [3.05, 3.63) is 120 Å². The molecule has 198 valence electrons. The Labute approximate surface area is 227 Å². The first-order chi connectivity index (χ1) is 18.9. The molecule has 0 heterocycles. The van der Waals surface area contributed by atoms with Crippen molar-refractivity contribution in [2.75, 3.05) is 24.4 Å². The number of ether oxygens (including phenoxy) is 2. The Bertz CT molecular complexity index is 1420. The normalized spacial score (nSPS) is 11.1. The molecule has 39 heavy (non-hydrogen) atoms. The van der Waals surface area contributed by atoms with Gasteiger partial charge in [0, 0.05) is 11.4 Å². The predicted molar refractivity (Wildman–Crippen MR) is 150 cm³/mol. The Morgan fingerprint density at radius 3 is 2.05 bits per heavy atom. The van der Waals surface area contributed by atoms with E-state index in [1.807, 2.05) is 25.1 Å². The Hall–Kier alpha value is -5.11. The highest BCUT2D eigenvalue weighted by Gasteiger charge is 2.25. The Balaban J connectivity index is 1.46. The molecule has 0 spiro atoms. The molecular weight excluding hydrogens is 494 g/mol. The molecule has 0 radical (unpaired) electrons. The number of anilines is 2. The Morgan fingerprint density at radius 2 is 1.36 bits per heavy atom. The molecule has 4 aromatic rings. The summed E-state index contributed by atoms with van der Waals surface area (Å²) in [7, 11) is 1.56. The zero-order chi connectivity index (χ0) is 27.6. The minimum absolute atomic E-state index is 0.193. The van der Waals surface area contributed by atoms with Crippen LogP contribution in [0.15, 0.2) is 103 Å². The largest absolute Gasteiger partial charge is 0.497 e. The van der Waals surface area contributed by atoms with Gasteiger partial charge in [-0.25, -0.2) is 0 Å². The van der Waals surface area contributed by atoms with Crippen molar-refractivity contribution in [3.8, 4) is 11.5 Å². The molecule has 0 aliphatic carbocycles. The highest BCUT2D eigenvalue weighted by Crippen LogP contribution is 2.22. The number of hydrogen-bond acceptors (Lipinski definition) is 5. The summed E-state index contributed by atoms with van der Waals surface area (Å²) in [6, 6.07) is 28.8. The van der Waals surface area contributed by atoms with Crippen LogP contribution in [0.3, 0.4) is 0 Å². The maximum Gasteiger partial charge on any atom is 0.262 e. The van der Waals surface area contributed by atoms with Crippen LogP contribution in [0.2, 0.25) is 0 Å². The molecule has 8 nitrogen and oxygen atoms in total. The van der Waals surface area contributed by atoms with E-state index in [9.17, 15) is 14.4 Å². The molecule has 0 aliphatic heterocycles. The molecule has 4 aromatic carbocycles. The van der Waals surface area contributed by atoms with Crippen molar-refractivity contribution in [1.29, 1.82) is 0 Å². The number of para-hydroxylation sites is 1. The second kappa shape index (κ2) is 12.9. The Morgan fingerprint density at radius 1 is 0.744 bits per heavy atom. The number of carbonyl (C=O) groups is 3. The molecule has 0 saturated heterocycles. The summed E-state index contributed by atoms with van der Waals surface area (Å²) in [5.41, 5.74) is 3.08. The van der Waals surface area contributed by atoms with E-state index in [-0.39, 0.29) is 17.9 Å². The van der Waals surface area contributed by atoms with Crippen LogP contribution in [0.1, 0.15) is 27.5 Å². The fourth-order valence-corrected chi connectivity index (χ4v) is 3.80. The number of carbonyl (C=O) groups excluding carboxylic acids is 3. The zero-order valence-corrected chi connectivity index (χ0v) is 21.6. The average Bonchev–Trinajstić information content (AvgIpc) is 2.97. The topological polar surface area (TPSA) is 106 Å². The summed E-state index contributed by atoms with van der Waals surface area (Å²) in [5.74, 6) is -0.420. The van der Waals surface area contributed by atoms with Crippen LogP contribution in [0.25, 0.3) is 0 Å². The van der Waals surface area contributed by atoms with Crippen molar-refractivity contribution in [3.63, 3.8) is 0 Å². The number of nitrogens with one attached hydrogen (secondary N) is 3. The first kappa shape index (κ1) is 26.9. The monoisotopic (exact) mass is 523 g/mol. The van der Waals surface area contributed by atoms with E-state index in [1.54, 1.807) is 92.0 Å². The number of rotatable bonds is 10. The van der Waals surface area contributed by atoms with Crippen molar-refractivity contribution in [1.82, 2.24) is 5.32 Å². The summed E-state index contributed by atoms with van der Waals surface area (Å²) < 4.78 is 10.8. The van der Waals surface area contributed by atoms with E-state index in [0.29, 0.717) is 22.7 Å². The minimum Gasteiger partial charge on any atom is -0.497 e. The maximum absolute atomic E-state index is 13.4. The third-order valence-electron chi connectivity index (χ3n) is 5.85. The third kappa shape index (κ3) is 7.45. The van der Waals surface area contributed by atoms with E-state index < -0.39 is 23.8 Å². The lowest BCUT2D eigenvalue weighted by molar-refractivity contribution is -0.118. The quantitative estimate of drug-likeness (QED) is 0.267. The van der Waals surface area contributed by atoms with Crippen LogP contribution < -0.4 is 25.4 Å². The standard InChI is InChI=1S/C31H29N3O5/c1-21-12-14-24(15-13-21)33-31(37)29(22-8-4-3-5-9-22)34-30(36)26-10-6-7-11-27(26)39-20-28(35)32-23-16-18-25(38-2)19-17-23/h3-19,29H,20H2,1-2H3,(H,32,35)(H,33,37)(H,34,36)/t29-/m1/s1. The molecule has 0 aromatic heterocycles. The van der Waals surface area contributed by atoms with Crippen LogP contribution in [-0.2, 0) is 9.59 Å². The van der Waals surface area contributed by atoms with Gasteiger partial charge < -0.3 is 25.4 Å². The van der Waals surface area contributed by atoms with Crippen LogP contribution in [0.5, 0.6) is 11.5 Å². The summed E-state index contributed by atoms with van der Waals surface area (Å²) in [5, 5.41) is 8.41. The number of amides is 3. The van der Waals surface area contributed by atoms with Crippen LogP contribution in [-0.4, -0.2) is 31.4 Å². The fraction of sp³-hybridized carbons (Fsp3) is 0.129. The number of aryl methyl sites for hydroxylation is 1. The second-order valence-electron chi connectivity index (χ2n) is 8.73. The lowest BCUT2D eigenvalue weighted by Crippen LogP contribution is -2.37. The van der Waals surface area contributed by atoms with Gasteiger partial charge in [0.25, 0.3) is 17.7 Å². The van der Waals surface area contributed by atoms with E-state index in [4.69, 9.17) is 9.47 Å². The first-order valence-corrected chi connectivity index (χ1v) is 12.3. The summed E-state index contributed by atoms with van der Waals surface area (Å²) in [6.07, 6.45) is 0.